The van der Waals surface area contributed by atoms with Crippen LogP contribution in [0, 0.1) is 11.8 Å². The van der Waals surface area contributed by atoms with Gasteiger partial charge in [0, 0.05) is 11.5 Å². The zero-order valence-corrected chi connectivity index (χ0v) is 15.2. The minimum Gasteiger partial charge on any atom is -0.456 e. The van der Waals surface area contributed by atoms with E-state index in [2.05, 4.69) is 11.8 Å². The molecule has 0 aliphatic carbocycles. The topological polar surface area (TPSA) is 44.8 Å². The monoisotopic (exact) mass is 344 g/mol. The summed E-state index contributed by atoms with van der Waals surface area (Å²) < 4.78 is 30.6. The van der Waals surface area contributed by atoms with Gasteiger partial charge < -0.3 is 14.0 Å². The summed E-state index contributed by atoms with van der Waals surface area (Å²) in [5.41, 5.74) is -0.536. The number of esters is 1. The number of carbonyl (C=O) groups excluding carboxylic acids is 1. The van der Waals surface area contributed by atoms with Crippen LogP contribution in [0.15, 0.2) is 30.0 Å². The highest BCUT2D eigenvalue weighted by Crippen LogP contribution is 2.39. The van der Waals surface area contributed by atoms with Gasteiger partial charge in [-0.15, -0.1) is 0 Å². The quantitative estimate of drug-likeness (QED) is 0.478. The maximum atomic E-state index is 14.5. The summed E-state index contributed by atoms with van der Waals surface area (Å²) in [7, 11) is -1.04. The van der Waals surface area contributed by atoms with Crippen LogP contribution >= 0.6 is 0 Å². The van der Waals surface area contributed by atoms with Gasteiger partial charge in [0.2, 0.25) is 0 Å². The lowest BCUT2D eigenvalue weighted by Crippen LogP contribution is -2.41. The Bertz CT molecular complexity index is 727. The fourth-order valence-corrected chi connectivity index (χ4v) is 2.18. The van der Waals surface area contributed by atoms with E-state index in [1.165, 1.54) is 6.08 Å². The molecule has 1 aliphatic heterocycles. The second-order valence-corrected chi connectivity index (χ2v) is 6.71. The van der Waals surface area contributed by atoms with Crippen LogP contribution in [-0.4, -0.2) is 30.9 Å². The number of rotatable bonds is 3. The highest BCUT2D eigenvalue weighted by molar-refractivity contribution is 6.54. The number of carbonyl (C=O) groups is 1. The zero-order valence-electron chi connectivity index (χ0n) is 15.2. The van der Waals surface area contributed by atoms with E-state index in [9.17, 15) is 9.18 Å². The van der Waals surface area contributed by atoms with E-state index in [-0.39, 0.29) is 6.61 Å². The molecule has 1 heterocycles. The van der Waals surface area contributed by atoms with Crippen LogP contribution in [0.25, 0.3) is 6.08 Å². The summed E-state index contributed by atoms with van der Waals surface area (Å²) >= 11 is 0. The Balaban J connectivity index is 2.16. The van der Waals surface area contributed by atoms with E-state index >= 15 is 0 Å². The fraction of sp³-hybridized carbons (Fsp3) is 0.421. The van der Waals surface area contributed by atoms with Crippen molar-refractivity contribution in [3.63, 3.8) is 0 Å². The van der Waals surface area contributed by atoms with Crippen LogP contribution in [0.5, 0.6) is 0 Å². The minimum absolute atomic E-state index is 0.273. The molecule has 1 aliphatic rings. The van der Waals surface area contributed by atoms with Gasteiger partial charge >= 0.3 is 13.1 Å². The van der Waals surface area contributed by atoms with Gasteiger partial charge in [0.05, 0.1) is 17.8 Å². The second-order valence-electron chi connectivity index (χ2n) is 6.71. The third-order valence-corrected chi connectivity index (χ3v) is 4.25. The number of halogens is 1. The molecule has 4 nitrogen and oxygen atoms in total. The Morgan fingerprint density at radius 3 is 2.52 bits per heavy atom. The predicted molar refractivity (Wildman–Crippen MR) is 95.1 cm³/mol. The van der Waals surface area contributed by atoms with E-state index in [1.54, 1.807) is 31.2 Å². The molecule has 1 aromatic rings. The summed E-state index contributed by atoms with van der Waals surface area (Å²) in [5.74, 6) is 4.49. The molecular weight excluding hydrogens is 322 g/mol. The normalized spacial score (nSPS) is 18.5. The molecule has 0 N–H and O–H groups in total. The SMILES string of the molecule is CCOC(=O)C#Cc1cccc(C=C(F)B2OC(C)(C)C(C)(C)O2)c1. The van der Waals surface area contributed by atoms with Gasteiger partial charge in [0.1, 0.15) is 5.73 Å². The van der Waals surface area contributed by atoms with Crippen molar-refractivity contribution in [2.45, 2.75) is 45.8 Å². The van der Waals surface area contributed by atoms with Crippen LogP contribution in [0.1, 0.15) is 45.7 Å². The summed E-state index contributed by atoms with van der Waals surface area (Å²) in [6, 6.07) is 6.88. The lowest BCUT2D eigenvalue weighted by Gasteiger charge is -2.32. The maximum absolute atomic E-state index is 14.5. The molecular formula is C19H22BFO4. The van der Waals surface area contributed by atoms with Crippen molar-refractivity contribution in [1.29, 1.82) is 0 Å². The van der Waals surface area contributed by atoms with Crippen LogP contribution in [-0.2, 0) is 18.8 Å². The molecule has 0 radical (unpaired) electrons. The Hall–Kier alpha value is -2.10. The molecule has 6 heteroatoms. The van der Waals surface area contributed by atoms with Crippen molar-refractivity contribution in [3.05, 3.63) is 41.1 Å². The first-order chi connectivity index (χ1) is 11.6. The molecule has 0 amide bonds. The van der Waals surface area contributed by atoms with E-state index in [4.69, 9.17) is 14.0 Å². The van der Waals surface area contributed by atoms with Gasteiger partial charge in [-0.1, -0.05) is 18.1 Å². The Morgan fingerprint density at radius 1 is 1.28 bits per heavy atom. The molecule has 0 unspecified atom stereocenters. The van der Waals surface area contributed by atoms with Crippen molar-refractivity contribution in [1.82, 2.24) is 0 Å². The second kappa shape index (κ2) is 7.43. The van der Waals surface area contributed by atoms with E-state index < -0.39 is 30.0 Å². The third kappa shape index (κ3) is 4.71. The fourth-order valence-electron chi connectivity index (χ4n) is 2.18. The number of hydrogen-bond acceptors (Lipinski definition) is 4. The van der Waals surface area contributed by atoms with Crippen molar-refractivity contribution in [2.24, 2.45) is 0 Å². The van der Waals surface area contributed by atoms with Gasteiger partial charge in [-0.25, -0.2) is 9.18 Å². The van der Waals surface area contributed by atoms with Gasteiger partial charge in [0.25, 0.3) is 0 Å². The average molecular weight is 344 g/mol. The van der Waals surface area contributed by atoms with Gasteiger partial charge in [-0.3, -0.25) is 0 Å². The average Bonchev–Trinajstić information content (AvgIpc) is 2.74. The van der Waals surface area contributed by atoms with Gasteiger partial charge in [0.15, 0.2) is 0 Å². The van der Waals surface area contributed by atoms with Gasteiger partial charge in [-0.2, -0.15) is 0 Å². The van der Waals surface area contributed by atoms with Crippen LogP contribution in [0.4, 0.5) is 4.39 Å². The van der Waals surface area contributed by atoms with E-state index in [0.29, 0.717) is 11.1 Å². The van der Waals surface area contributed by atoms with Gasteiger partial charge in [-0.05, 0) is 58.4 Å². The largest absolute Gasteiger partial charge is 0.525 e. The highest BCUT2D eigenvalue weighted by Gasteiger charge is 2.53. The molecule has 0 aromatic heterocycles. The molecule has 25 heavy (non-hydrogen) atoms. The lowest BCUT2D eigenvalue weighted by atomic mass is 9.86. The maximum Gasteiger partial charge on any atom is 0.525 e. The van der Waals surface area contributed by atoms with Crippen LogP contribution in [0.2, 0.25) is 0 Å². The molecule has 0 spiro atoms. The molecule has 0 bridgehead atoms. The Morgan fingerprint density at radius 2 is 1.92 bits per heavy atom. The van der Waals surface area contributed by atoms with Crippen molar-refractivity contribution >= 4 is 19.2 Å². The molecule has 0 atom stereocenters. The summed E-state index contributed by atoms with van der Waals surface area (Å²) in [4.78, 5) is 11.3. The van der Waals surface area contributed by atoms with Crippen molar-refractivity contribution < 1.29 is 23.2 Å². The first-order valence-electron chi connectivity index (χ1n) is 8.16. The molecule has 1 fully saturated rings. The Labute approximate surface area is 148 Å². The lowest BCUT2D eigenvalue weighted by molar-refractivity contribution is -0.136. The van der Waals surface area contributed by atoms with Crippen LogP contribution < -0.4 is 0 Å². The first kappa shape index (κ1) is 19.2. The standard InChI is InChI=1S/C19H22BFO4/c1-6-23-17(22)11-10-14-8-7-9-15(12-14)13-16(21)20-24-18(2,3)19(4,5)25-20/h7-9,12-13H,6H2,1-5H3. The van der Waals surface area contributed by atoms with Crippen LogP contribution in [0.3, 0.4) is 0 Å². The molecule has 1 saturated heterocycles. The zero-order chi connectivity index (χ0) is 18.7. The number of ether oxygens (including phenoxy) is 1. The third-order valence-electron chi connectivity index (χ3n) is 4.25. The summed E-state index contributed by atoms with van der Waals surface area (Å²) in [5, 5.41) is 0. The molecule has 1 aromatic carbocycles. The van der Waals surface area contributed by atoms with E-state index in [0.717, 1.165) is 0 Å². The minimum atomic E-state index is -1.04. The molecule has 132 valence electrons. The van der Waals surface area contributed by atoms with Crippen molar-refractivity contribution in [2.75, 3.05) is 6.61 Å². The molecule has 0 saturated carbocycles. The Kier molecular flexibility index (Phi) is 5.71. The number of hydrogen-bond donors (Lipinski definition) is 0. The summed E-state index contributed by atoms with van der Waals surface area (Å²) in [6.07, 6.45) is 1.34. The van der Waals surface area contributed by atoms with E-state index in [1.807, 2.05) is 27.7 Å². The smallest absolute Gasteiger partial charge is 0.456 e. The highest BCUT2D eigenvalue weighted by atomic mass is 19.1. The molecule has 2 rings (SSSR count). The predicted octanol–water partition coefficient (Wildman–Crippen LogP) is 3.54. The first-order valence-corrected chi connectivity index (χ1v) is 8.16. The van der Waals surface area contributed by atoms with Crippen molar-refractivity contribution in [3.8, 4) is 11.8 Å². The summed E-state index contributed by atoms with van der Waals surface area (Å²) in [6.45, 7) is 9.45. The number of benzene rings is 1.